The fourth-order valence-corrected chi connectivity index (χ4v) is 3.24. The Bertz CT molecular complexity index is 517. The van der Waals surface area contributed by atoms with Crippen LogP contribution in [-0.2, 0) is 0 Å². The van der Waals surface area contributed by atoms with Crippen molar-refractivity contribution in [3.63, 3.8) is 0 Å². The van der Waals surface area contributed by atoms with Gasteiger partial charge in [0.2, 0.25) is 0 Å². The average molecular weight is 286 g/mol. The summed E-state index contributed by atoms with van der Waals surface area (Å²) in [6.45, 7) is 6.97. The van der Waals surface area contributed by atoms with Crippen LogP contribution in [0.2, 0.25) is 0 Å². The van der Waals surface area contributed by atoms with E-state index in [-0.39, 0.29) is 11.4 Å². The number of piperazine rings is 1. The van der Waals surface area contributed by atoms with E-state index in [9.17, 15) is 4.79 Å². The number of hydrogen-bond acceptors (Lipinski definition) is 2. The number of carbonyl (C=O) groups excluding carboxylic acids is 1. The number of carbonyl (C=O) groups is 1. The zero-order chi connectivity index (χ0) is 15.0. The van der Waals surface area contributed by atoms with Gasteiger partial charge in [-0.2, -0.15) is 0 Å². The van der Waals surface area contributed by atoms with Gasteiger partial charge in [-0.25, -0.2) is 0 Å². The van der Waals surface area contributed by atoms with Crippen molar-refractivity contribution >= 4 is 5.91 Å². The molecule has 2 aliphatic rings. The number of benzene rings is 1. The van der Waals surface area contributed by atoms with Gasteiger partial charge in [0.1, 0.15) is 0 Å². The smallest absolute Gasteiger partial charge is 0.253 e. The van der Waals surface area contributed by atoms with Crippen LogP contribution in [0.25, 0.3) is 0 Å². The summed E-state index contributed by atoms with van der Waals surface area (Å²) in [4.78, 5) is 17.0. The molecule has 1 heterocycles. The predicted octanol–water partition coefficient (Wildman–Crippen LogP) is 3.12. The van der Waals surface area contributed by atoms with Gasteiger partial charge in [0, 0.05) is 30.7 Å². The van der Waals surface area contributed by atoms with E-state index in [1.54, 1.807) is 0 Å². The summed E-state index contributed by atoms with van der Waals surface area (Å²) >= 11 is 0. The van der Waals surface area contributed by atoms with Crippen LogP contribution in [0.3, 0.4) is 0 Å². The van der Waals surface area contributed by atoms with E-state index in [4.69, 9.17) is 0 Å². The van der Waals surface area contributed by atoms with Crippen molar-refractivity contribution in [3.8, 4) is 0 Å². The number of nitrogens with zero attached hydrogens (tertiary/aromatic N) is 2. The third-order valence-corrected chi connectivity index (χ3v) is 5.34. The standard InChI is InChI=1S/C18H26N2O/c1-18(2)13-20(12-11-19(18)3)17(21)16-9-7-15(8-10-16)14-5-4-6-14/h7-10,14H,4-6,11-13H2,1-3H3. The molecule has 3 nitrogen and oxygen atoms in total. The maximum Gasteiger partial charge on any atom is 0.253 e. The highest BCUT2D eigenvalue weighted by Gasteiger charge is 2.33. The van der Waals surface area contributed by atoms with E-state index in [1.807, 2.05) is 17.0 Å². The Morgan fingerprint density at radius 2 is 1.81 bits per heavy atom. The molecule has 114 valence electrons. The van der Waals surface area contributed by atoms with Crippen molar-refractivity contribution in [3.05, 3.63) is 35.4 Å². The third kappa shape index (κ3) is 2.84. The van der Waals surface area contributed by atoms with Gasteiger partial charge in [-0.1, -0.05) is 18.6 Å². The summed E-state index contributed by atoms with van der Waals surface area (Å²) in [5, 5.41) is 0. The SMILES string of the molecule is CN1CCN(C(=O)c2ccc(C3CCC3)cc2)CC1(C)C. The van der Waals surface area contributed by atoms with Gasteiger partial charge in [0.25, 0.3) is 5.91 Å². The predicted molar refractivity (Wildman–Crippen MR) is 85.6 cm³/mol. The third-order valence-electron chi connectivity index (χ3n) is 5.34. The lowest BCUT2D eigenvalue weighted by Gasteiger charge is -2.45. The van der Waals surface area contributed by atoms with Crippen LogP contribution in [-0.4, -0.2) is 47.9 Å². The highest BCUT2D eigenvalue weighted by Crippen LogP contribution is 2.36. The first-order valence-electron chi connectivity index (χ1n) is 8.08. The van der Waals surface area contributed by atoms with E-state index in [2.05, 4.69) is 37.9 Å². The first-order chi connectivity index (χ1) is 9.97. The first-order valence-corrected chi connectivity index (χ1v) is 8.08. The molecule has 0 aromatic heterocycles. The van der Waals surface area contributed by atoms with Gasteiger partial charge < -0.3 is 4.90 Å². The molecule has 21 heavy (non-hydrogen) atoms. The minimum absolute atomic E-state index is 0.0553. The summed E-state index contributed by atoms with van der Waals surface area (Å²) in [6.07, 6.45) is 3.96. The van der Waals surface area contributed by atoms with E-state index in [0.717, 1.165) is 31.1 Å². The summed E-state index contributed by atoms with van der Waals surface area (Å²) in [7, 11) is 2.13. The molecule has 3 rings (SSSR count). The minimum Gasteiger partial charge on any atom is -0.336 e. The van der Waals surface area contributed by atoms with E-state index < -0.39 is 0 Å². The zero-order valence-electron chi connectivity index (χ0n) is 13.4. The largest absolute Gasteiger partial charge is 0.336 e. The van der Waals surface area contributed by atoms with Crippen LogP contribution in [0.15, 0.2) is 24.3 Å². The van der Waals surface area contributed by atoms with Crippen molar-refractivity contribution in [2.45, 2.75) is 44.6 Å². The average Bonchev–Trinajstić information content (AvgIpc) is 2.40. The molecule has 1 saturated heterocycles. The lowest BCUT2D eigenvalue weighted by molar-refractivity contribution is 0.0311. The van der Waals surface area contributed by atoms with Crippen molar-refractivity contribution < 1.29 is 4.79 Å². The zero-order valence-corrected chi connectivity index (χ0v) is 13.4. The van der Waals surface area contributed by atoms with E-state index in [1.165, 1.54) is 24.8 Å². The van der Waals surface area contributed by atoms with Gasteiger partial charge in [-0.05, 0) is 57.4 Å². The molecule has 0 spiro atoms. The second-order valence-electron chi connectivity index (χ2n) is 7.21. The summed E-state index contributed by atoms with van der Waals surface area (Å²) in [5.74, 6) is 0.910. The topological polar surface area (TPSA) is 23.6 Å². The normalized spacial score (nSPS) is 22.9. The number of likely N-dealkylation sites (N-methyl/N-ethyl adjacent to an activating group) is 1. The van der Waals surface area contributed by atoms with Gasteiger partial charge in [-0.15, -0.1) is 0 Å². The van der Waals surface area contributed by atoms with Crippen molar-refractivity contribution in [2.24, 2.45) is 0 Å². The molecular weight excluding hydrogens is 260 g/mol. The molecule has 0 atom stereocenters. The molecule has 0 bridgehead atoms. The highest BCUT2D eigenvalue weighted by atomic mass is 16.2. The Kier molecular flexibility index (Phi) is 3.78. The monoisotopic (exact) mass is 286 g/mol. The Hall–Kier alpha value is -1.35. The summed E-state index contributed by atoms with van der Waals surface area (Å²) < 4.78 is 0. The van der Waals surface area contributed by atoms with Crippen LogP contribution >= 0.6 is 0 Å². The lowest BCUT2D eigenvalue weighted by Crippen LogP contribution is -2.58. The maximum absolute atomic E-state index is 12.7. The Morgan fingerprint density at radius 3 is 2.33 bits per heavy atom. The van der Waals surface area contributed by atoms with Gasteiger partial charge in [-0.3, -0.25) is 9.69 Å². The van der Waals surface area contributed by atoms with Crippen LogP contribution < -0.4 is 0 Å². The summed E-state index contributed by atoms with van der Waals surface area (Å²) in [5.41, 5.74) is 2.29. The van der Waals surface area contributed by atoms with Crippen LogP contribution in [0.5, 0.6) is 0 Å². The number of rotatable bonds is 2. The van der Waals surface area contributed by atoms with Crippen molar-refractivity contribution in [2.75, 3.05) is 26.7 Å². The molecule has 0 radical (unpaired) electrons. The molecule has 1 aliphatic heterocycles. The molecule has 1 aromatic rings. The molecule has 3 heteroatoms. The van der Waals surface area contributed by atoms with Crippen molar-refractivity contribution in [1.82, 2.24) is 9.80 Å². The highest BCUT2D eigenvalue weighted by molar-refractivity contribution is 5.94. The molecule has 2 fully saturated rings. The molecule has 0 N–H and O–H groups in total. The molecule has 1 aromatic carbocycles. The maximum atomic E-state index is 12.7. The van der Waals surface area contributed by atoms with Gasteiger partial charge in [0.15, 0.2) is 0 Å². The molecule has 1 saturated carbocycles. The Balaban J connectivity index is 1.70. The molecular formula is C18H26N2O. The van der Waals surface area contributed by atoms with Crippen molar-refractivity contribution in [1.29, 1.82) is 0 Å². The quantitative estimate of drug-likeness (QED) is 0.834. The van der Waals surface area contributed by atoms with Crippen LogP contribution in [0.1, 0.15) is 54.9 Å². The van der Waals surface area contributed by atoms with Gasteiger partial charge in [0.05, 0.1) is 0 Å². The van der Waals surface area contributed by atoms with E-state index in [0.29, 0.717) is 0 Å². The second kappa shape index (κ2) is 5.45. The molecule has 1 aliphatic carbocycles. The van der Waals surface area contributed by atoms with E-state index >= 15 is 0 Å². The minimum atomic E-state index is 0.0553. The Morgan fingerprint density at radius 1 is 1.14 bits per heavy atom. The lowest BCUT2D eigenvalue weighted by atomic mass is 9.80. The number of hydrogen-bond donors (Lipinski definition) is 0. The fourth-order valence-electron chi connectivity index (χ4n) is 3.24. The Labute approximate surface area is 127 Å². The second-order valence-corrected chi connectivity index (χ2v) is 7.21. The molecule has 0 unspecified atom stereocenters. The van der Waals surface area contributed by atoms with Crippen LogP contribution in [0.4, 0.5) is 0 Å². The van der Waals surface area contributed by atoms with Crippen LogP contribution in [0, 0.1) is 0 Å². The molecule has 1 amide bonds. The fraction of sp³-hybridized carbons (Fsp3) is 0.611. The first kappa shape index (κ1) is 14.6. The number of amides is 1. The summed E-state index contributed by atoms with van der Waals surface area (Å²) in [6, 6.07) is 8.33. The van der Waals surface area contributed by atoms with Gasteiger partial charge >= 0.3 is 0 Å².